The molecule has 2 heterocycles. The molecule has 2 aromatic rings. The second-order valence-corrected chi connectivity index (χ2v) is 4.88. The van der Waals surface area contributed by atoms with Gasteiger partial charge in [0.15, 0.2) is 0 Å². The summed E-state index contributed by atoms with van der Waals surface area (Å²) < 4.78 is 0. The number of fused-ring (bicyclic) bond motifs is 1. The molecule has 0 spiro atoms. The molecule has 0 radical (unpaired) electrons. The van der Waals surface area contributed by atoms with Crippen LogP contribution in [0, 0.1) is 6.92 Å². The first-order valence-electron chi connectivity index (χ1n) is 6.53. The van der Waals surface area contributed by atoms with Gasteiger partial charge in [-0.1, -0.05) is 24.3 Å². The van der Waals surface area contributed by atoms with Crippen LogP contribution in [0.4, 0.5) is 0 Å². The Labute approximate surface area is 112 Å². The minimum Gasteiger partial charge on any atom is -0.334 e. The zero-order valence-corrected chi connectivity index (χ0v) is 11.0. The highest BCUT2D eigenvalue weighted by molar-refractivity contribution is 5.95. The highest BCUT2D eigenvalue weighted by Crippen LogP contribution is 2.20. The van der Waals surface area contributed by atoms with Gasteiger partial charge in [0.2, 0.25) is 0 Å². The SMILES string of the molecule is Cc1ncccc1C(=O)N1CCc2ccccc2C1. The maximum absolute atomic E-state index is 12.5. The van der Waals surface area contributed by atoms with Gasteiger partial charge in [-0.3, -0.25) is 9.78 Å². The third-order valence-corrected chi connectivity index (χ3v) is 3.66. The number of aryl methyl sites for hydroxylation is 1. The van der Waals surface area contributed by atoms with Crippen molar-refractivity contribution in [3.63, 3.8) is 0 Å². The Morgan fingerprint density at radius 2 is 1.95 bits per heavy atom. The molecule has 0 bridgehead atoms. The number of carbonyl (C=O) groups is 1. The summed E-state index contributed by atoms with van der Waals surface area (Å²) in [6.45, 7) is 3.36. The van der Waals surface area contributed by atoms with Gasteiger partial charge in [-0.25, -0.2) is 0 Å². The molecule has 1 amide bonds. The van der Waals surface area contributed by atoms with Crippen LogP contribution in [0.5, 0.6) is 0 Å². The maximum atomic E-state index is 12.5. The smallest absolute Gasteiger partial charge is 0.256 e. The first-order valence-corrected chi connectivity index (χ1v) is 6.53. The summed E-state index contributed by atoms with van der Waals surface area (Å²) in [4.78, 5) is 18.6. The predicted octanol–water partition coefficient (Wildman–Crippen LogP) is 2.59. The molecular formula is C16H16N2O. The summed E-state index contributed by atoms with van der Waals surface area (Å²) in [6, 6.07) is 12.0. The molecule has 3 rings (SSSR count). The largest absolute Gasteiger partial charge is 0.334 e. The van der Waals surface area contributed by atoms with E-state index in [-0.39, 0.29) is 5.91 Å². The van der Waals surface area contributed by atoms with Crippen molar-refractivity contribution in [2.24, 2.45) is 0 Å². The highest BCUT2D eigenvalue weighted by Gasteiger charge is 2.22. The lowest BCUT2D eigenvalue weighted by Crippen LogP contribution is -2.36. The van der Waals surface area contributed by atoms with Crippen molar-refractivity contribution in [1.29, 1.82) is 0 Å². The average Bonchev–Trinajstić information content (AvgIpc) is 2.46. The normalized spacial score (nSPS) is 14.1. The summed E-state index contributed by atoms with van der Waals surface area (Å²) in [5.41, 5.74) is 4.12. The fraction of sp³-hybridized carbons (Fsp3) is 0.250. The van der Waals surface area contributed by atoms with Crippen molar-refractivity contribution < 1.29 is 4.79 Å². The molecule has 0 atom stereocenters. The summed E-state index contributed by atoms with van der Waals surface area (Å²) in [5, 5.41) is 0. The molecule has 1 aliphatic rings. The molecule has 0 unspecified atom stereocenters. The van der Waals surface area contributed by atoms with E-state index in [1.165, 1.54) is 11.1 Å². The molecule has 1 aromatic heterocycles. The minimum atomic E-state index is 0.0834. The molecule has 0 aliphatic carbocycles. The number of rotatable bonds is 1. The number of benzene rings is 1. The molecule has 1 aliphatic heterocycles. The van der Waals surface area contributed by atoms with Gasteiger partial charge in [0.05, 0.1) is 5.56 Å². The van der Waals surface area contributed by atoms with Gasteiger partial charge in [0.25, 0.3) is 5.91 Å². The number of nitrogens with zero attached hydrogens (tertiary/aromatic N) is 2. The van der Waals surface area contributed by atoms with E-state index in [2.05, 4.69) is 23.2 Å². The summed E-state index contributed by atoms with van der Waals surface area (Å²) >= 11 is 0. The van der Waals surface area contributed by atoms with Crippen LogP contribution in [-0.2, 0) is 13.0 Å². The van der Waals surface area contributed by atoms with E-state index in [1.807, 2.05) is 30.0 Å². The van der Waals surface area contributed by atoms with Crippen LogP contribution in [0.2, 0.25) is 0 Å². The molecular weight excluding hydrogens is 236 g/mol. The quantitative estimate of drug-likeness (QED) is 0.781. The molecule has 96 valence electrons. The predicted molar refractivity (Wildman–Crippen MR) is 73.9 cm³/mol. The van der Waals surface area contributed by atoms with E-state index in [0.29, 0.717) is 12.1 Å². The van der Waals surface area contributed by atoms with E-state index in [0.717, 1.165) is 18.7 Å². The third kappa shape index (κ3) is 2.24. The molecule has 0 saturated heterocycles. The molecule has 3 heteroatoms. The Balaban J connectivity index is 1.86. The van der Waals surface area contributed by atoms with Gasteiger partial charge in [0, 0.05) is 25.0 Å². The number of aromatic nitrogens is 1. The van der Waals surface area contributed by atoms with Gasteiger partial charge in [0.1, 0.15) is 0 Å². The third-order valence-electron chi connectivity index (χ3n) is 3.66. The number of hydrogen-bond acceptors (Lipinski definition) is 2. The summed E-state index contributed by atoms with van der Waals surface area (Å²) in [5.74, 6) is 0.0834. The minimum absolute atomic E-state index is 0.0834. The lowest BCUT2D eigenvalue weighted by atomic mass is 9.99. The van der Waals surface area contributed by atoms with Crippen molar-refractivity contribution >= 4 is 5.91 Å². The van der Waals surface area contributed by atoms with Gasteiger partial charge in [-0.15, -0.1) is 0 Å². The standard InChI is InChI=1S/C16H16N2O/c1-12-15(7-4-9-17-12)16(19)18-10-8-13-5-2-3-6-14(13)11-18/h2-7,9H,8,10-11H2,1H3. The van der Waals surface area contributed by atoms with Gasteiger partial charge in [-0.05, 0) is 36.6 Å². The van der Waals surface area contributed by atoms with Crippen LogP contribution in [-0.4, -0.2) is 22.3 Å². The van der Waals surface area contributed by atoms with E-state index < -0.39 is 0 Å². The van der Waals surface area contributed by atoms with Crippen molar-refractivity contribution in [1.82, 2.24) is 9.88 Å². The Morgan fingerprint density at radius 1 is 1.16 bits per heavy atom. The molecule has 3 nitrogen and oxygen atoms in total. The fourth-order valence-corrected chi connectivity index (χ4v) is 2.55. The van der Waals surface area contributed by atoms with Gasteiger partial charge < -0.3 is 4.90 Å². The fourth-order valence-electron chi connectivity index (χ4n) is 2.55. The molecule has 0 saturated carbocycles. The van der Waals surface area contributed by atoms with E-state index in [9.17, 15) is 4.79 Å². The Hall–Kier alpha value is -2.16. The van der Waals surface area contributed by atoms with Crippen molar-refractivity contribution in [2.45, 2.75) is 19.9 Å². The van der Waals surface area contributed by atoms with Crippen LogP contribution in [0.15, 0.2) is 42.6 Å². The van der Waals surface area contributed by atoms with Crippen LogP contribution < -0.4 is 0 Å². The van der Waals surface area contributed by atoms with Crippen LogP contribution >= 0.6 is 0 Å². The topological polar surface area (TPSA) is 33.2 Å². The second-order valence-electron chi connectivity index (χ2n) is 4.88. The van der Waals surface area contributed by atoms with Crippen molar-refractivity contribution in [3.8, 4) is 0 Å². The van der Waals surface area contributed by atoms with Crippen LogP contribution in [0.3, 0.4) is 0 Å². The number of pyridine rings is 1. The van der Waals surface area contributed by atoms with Crippen LogP contribution in [0.1, 0.15) is 27.2 Å². The summed E-state index contributed by atoms with van der Waals surface area (Å²) in [7, 11) is 0. The van der Waals surface area contributed by atoms with E-state index in [1.54, 1.807) is 6.20 Å². The molecule has 19 heavy (non-hydrogen) atoms. The highest BCUT2D eigenvalue weighted by atomic mass is 16.2. The van der Waals surface area contributed by atoms with E-state index in [4.69, 9.17) is 0 Å². The van der Waals surface area contributed by atoms with Gasteiger partial charge in [-0.2, -0.15) is 0 Å². The van der Waals surface area contributed by atoms with Gasteiger partial charge >= 0.3 is 0 Å². The number of carbonyl (C=O) groups excluding carboxylic acids is 1. The average molecular weight is 252 g/mol. The Bertz CT molecular complexity index is 622. The molecule has 0 N–H and O–H groups in total. The first-order chi connectivity index (χ1) is 9.25. The Morgan fingerprint density at radius 3 is 2.74 bits per heavy atom. The molecule has 1 aromatic carbocycles. The zero-order valence-electron chi connectivity index (χ0n) is 11.0. The zero-order chi connectivity index (χ0) is 13.2. The van der Waals surface area contributed by atoms with Crippen LogP contribution in [0.25, 0.3) is 0 Å². The Kier molecular flexibility index (Phi) is 3.03. The second kappa shape index (κ2) is 4.84. The lowest BCUT2D eigenvalue weighted by molar-refractivity contribution is 0.0733. The van der Waals surface area contributed by atoms with Crippen molar-refractivity contribution in [2.75, 3.05) is 6.54 Å². The maximum Gasteiger partial charge on any atom is 0.256 e. The molecule has 0 fully saturated rings. The number of hydrogen-bond donors (Lipinski definition) is 0. The lowest BCUT2D eigenvalue weighted by Gasteiger charge is -2.29. The summed E-state index contributed by atoms with van der Waals surface area (Å²) in [6.07, 6.45) is 2.65. The first kappa shape index (κ1) is 11.9. The van der Waals surface area contributed by atoms with E-state index >= 15 is 0 Å². The van der Waals surface area contributed by atoms with Crippen molar-refractivity contribution in [3.05, 3.63) is 65.0 Å². The monoisotopic (exact) mass is 252 g/mol. The number of amides is 1.